The number of hydrogen-bond donors (Lipinski definition) is 10. The minimum atomic E-state index is -1.16. The van der Waals surface area contributed by atoms with E-state index in [1.54, 1.807) is 0 Å². The molecule has 0 saturated heterocycles. The minimum absolute atomic E-state index is 0.141. The molecule has 0 bridgehead atoms. The van der Waals surface area contributed by atoms with Crippen molar-refractivity contribution in [3.63, 3.8) is 0 Å². The Bertz CT molecular complexity index is 399. The standard InChI is InChI=1S/C10H22O7.4C2H4O2/c11-1-9(2-12,3-13)7-17-8-10(4-14,5-15)6-16;4*1-2(3)4/h11-16H,1-8H2;4*1H3,(H,3,4). The SMILES string of the molecule is CC(=O)O.CC(=O)O.CC(=O)O.CC(=O)O.OCC(CO)(CO)COCC(CO)(CO)CO. The zero-order valence-corrected chi connectivity index (χ0v) is 19.2. The Morgan fingerprint density at radius 1 is 0.485 bits per heavy atom. The molecule has 0 aromatic carbocycles. The molecule has 0 aromatic rings. The van der Waals surface area contributed by atoms with Gasteiger partial charge in [0.2, 0.25) is 0 Å². The van der Waals surface area contributed by atoms with Gasteiger partial charge in [0.25, 0.3) is 23.9 Å². The number of carboxylic acid groups (broad SMARTS) is 4. The number of ether oxygens (including phenoxy) is 1. The van der Waals surface area contributed by atoms with Crippen molar-refractivity contribution in [2.75, 3.05) is 52.9 Å². The van der Waals surface area contributed by atoms with Crippen LogP contribution in [-0.4, -0.2) is 128 Å². The zero-order chi connectivity index (χ0) is 27.7. The Balaban J connectivity index is -0.000000132. The highest BCUT2D eigenvalue weighted by atomic mass is 16.5. The maximum absolute atomic E-state index is 9.03. The molecule has 0 rings (SSSR count). The van der Waals surface area contributed by atoms with Crippen molar-refractivity contribution in [3.8, 4) is 0 Å². The fourth-order valence-electron chi connectivity index (χ4n) is 1.06. The fraction of sp³-hybridized carbons (Fsp3) is 0.778. The lowest BCUT2D eigenvalue weighted by Crippen LogP contribution is -2.43. The first-order chi connectivity index (χ1) is 15.0. The topological polar surface area (TPSA) is 280 Å². The third-order valence-electron chi connectivity index (χ3n) is 2.83. The molecule has 0 unspecified atom stereocenters. The van der Waals surface area contributed by atoms with Crippen molar-refractivity contribution >= 4 is 23.9 Å². The van der Waals surface area contributed by atoms with Gasteiger partial charge in [-0.15, -0.1) is 0 Å². The third-order valence-corrected chi connectivity index (χ3v) is 2.83. The molecule has 0 aliphatic rings. The second-order valence-electron chi connectivity index (χ2n) is 6.52. The van der Waals surface area contributed by atoms with E-state index in [4.69, 9.17) is 75.0 Å². The van der Waals surface area contributed by atoms with Gasteiger partial charge in [0.05, 0.1) is 63.7 Å². The smallest absolute Gasteiger partial charge is 0.300 e. The van der Waals surface area contributed by atoms with E-state index in [9.17, 15) is 0 Å². The molecule has 200 valence electrons. The van der Waals surface area contributed by atoms with Crippen LogP contribution in [-0.2, 0) is 23.9 Å². The number of hydrogen-bond acceptors (Lipinski definition) is 11. The van der Waals surface area contributed by atoms with Gasteiger partial charge in [0.15, 0.2) is 0 Å². The van der Waals surface area contributed by atoms with Crippen LogP contribution in [0.3, 0.4) is 0 Å². The number of carbonyl (C=O) groups is 4. The summed E-state index contributed by atoms with van der Waals surface area (Å²) in [7, 11) is 0. The summed E-state index contributed by atoms with van der Waals surface area (Å²) < 4.78 is 5.15. The Morgan fingerprint density at radius 3 is 0.697 bits per heavy atom. The molecule has 0 aliphatic carbocycles. The van der Waals surface area contributed by atoms with Crippen LogP contribution in [0.4, 0.5) is 0 Å². The molecule has 0 amide bonds. The Kier molecular flexibility index (Phi) is 32.1. The molecule has 0 aromatic heterocycles. The molecule has 15 nitrogen and oxygen atoms in total. The van der Waals surface area contributed by atoms with Crippen molar-refractivity contribution in [3.05, 3.63) is 0 Å². The third kappa shape index (κ3) is 40.5. The van der Waals surface area contributed by atoms with E-state index in [1.165, 1.54) is 0 Å². The van der Waals surface area contributed by atoms with Crippen LogP contribution in [0.2, 0.25) is 0 Å². The van der Waals surface area contributed by atoms with Crippen LogP contribution in [0.1, 0.15) is 27.7 Å². The van der Waals surface area contributed by atoms with Crippen LogP contribution >= 0.6 is 0 Å². The quantitative estimate of drug-likeness (QED) is 0.148. The second-order valence-corrected chi connectivity index (χ2v) is 6.52. The molecule has 10 N–H and O–H groups in total. The van der Waals surface area contributed by atoms with Crippen LogP contribution in [0.25, 0.3) is 0 Å². The molecule has 0 aliphatic heterocycles. The van der Waals surface area contributed by atoms with Gasteiger partial charge in [-0.25, -0.2) is 0 Å². The van der Waals surface area contributed by atoms with Crippen LogP contribution in [0.15, 0.2) is 0 Å². The molecule has 0 spiro atoms. The largest absolute Gasteiger partial charge is 0.481 e. The summed E-state index contributed by atoms with van der Waals surface area (Å²) in [4.78, 5) is 36.0. The van der Waals surface area contributed by atoms with Crippen LogP contribution in [0, 0.1) is 10.8 Å². The molecule has 0 atom stereocenters. The lowest BCUT2D eigenvalue weighted by atomic mass is 9.91. The summed E-state index contributed by atoms with van der Waals surface area (Å²) in [6.45, 7) is 1.33. The monoisotopic (exact) mass is 494 g/mol. The van der Waals surface area contributed by atoms with Crippen molar-refractivity contribution in [2.45, 2.75) is 27.7 Å². The fourth-order valence-corrected chi connectivity index (χ4v) is 1.06. The molecule has 0 fully saturated rings. The number of aliphatic hydroxyl groups is 6. The highest BCUT2D eigenvalue weighted by Crippen LogP contribution is 2.19. The molecule has 15 heteroatoms. The highest BCUT2D eigenvalue weighted by Gasteiger charge is 2.32. The van der Waals surface area contributed by atoms with Crippen LogP contribution < -0.4 is 0 Å². The maximum atomic E-state index is 9.03. The summed E-state index contributed by atoms with van der Waals surface area (Å²) in [5.74, 6) is -3.33. The predicted molar refractivity (Wildman–Crippen MR) is 111 cm³/mol. The minimum Gasteiger partial charge on any atom is -0.481 e. The summed E-state index contributed by atoms with van der Waals surface area (Å²) in [6, 6.07) is 0. The molecular weight excluding hydrogens is 456 g/mol. The van der Waals surface area contributed by atoms with Gasteiger partial charge in [-0.2, -0.15) is 0 Å². The number of aliphatic hydroxyl groups excluding tert-OH is 6. The van der Waals surface area contributed by atoms with Crippen molar-refractivity contribution in [1.29, 1.82) is 0 Å². The zero-order valence-electron chi connectivity index (χ0n) is 19.2. The molecule has 0 heterocycles. The normalized spacial score (nSPS) is 9.76. The Morgan fingerprint density at radius 2 is 0.606 bits per heavy atom. The van der Waals surface area contributed by atoms with E-state index in [0.717, 1.165) is 27.7 Å². The van der Waals surface area contributed by atoms with Gasteiger partial charge in [-0.1, -0.05) is 0 Å². The van der Waals surface area contributed by atoms with Gasteiger partial charge in [-0.3, -0.25) is 19.2 Å². The summed E-state index contributed by atoms with van der Waals surface area (Å²) in [5.41, 5.74) is -2.32. The lowest BCUT2D eigenvalue weighted by molar-refractivity contribution is -0.135. The second kappa shape index (κ2) is 25.9. The van der Waals surface area contributed by atoms with Crippen molar-refractivity contribution in [1.82, 2.24) is 0 Å². The van der Waals surface area contributed by atoms with E-state index in [-0.39, 0.29) is 13.2 Å². The first kappa shape index (κ1) is 40.9. The Hall–Kier alpha value is -2.40. The van der Waals surface area contributed by atoms with Gasteiger partial charge >= 0.3 is 0 Å². The molecule has 33 heavy (non-hydrogen) atoms. The summed E-state index contributed by atoms with van der Waals surface area (Å²) >= 11 is 0. The summed E-state index contributed by atoms with van der Waals surface area (Å²) in [6.07, 6.45) is 0. The van der Waals surface area contributed by atoms with Gasteiger partial charge in [0.1, 0.15) is 0 Å². The first-order valence-corrected chi connectivity index (χ1v) is 9.01. The lowest BCUT2D eigenvalue weighted by Gasteiger charge is -2.31. The molecular formula is C18H38O15. The average Bonchev–Trinajstić information content (AvgIpc) is 2.68. The maximum Gasteiger partial charge on any atom is 0.300 e. The van der Waals surface area contributed by atoms with Crippen molar-refractivity contribution in [2.24, 2.45) is 10.8 Å². The van der Waals surface area contributed by atoms with Gasteiger partial charge in [0, 0.05) is 27.7 Å². The van der Waals surface area contributed by atoms with Crippen molar-refractivity contribution < 1.29 is 75.0 Å². The van der Waals surface area contributed by atoms with Gasteiger partial charge in [-0.05, 0) is 0 Å². The molecule has 0 saturated carbocycles. The van der Waals surface area contributed by atoms with Crippen LogP contribution in [0.5, 0.6) is 0 Å². The number of carboxylic acids is 4. The number of aliphatic carboxylic acids is 4. The highest BCUT2D eigenvalue weighted by molar-refractivity contribution is 5.63. The predicted octanol–water partition coefficient (Wildman–Crippen LogP) is -2.71. The molecule has 0 radical (unpaired) electrons. The van der Waals surface area contributed by atoms with E-state index in [0.29, 0.717) is 0 Å². The average molecular weight is 494 g/mol. The van der Waals surface area contributed by atoms with E-state index in [2.05, 4.69) is 0 Å². The van der Waals surface area contributed by atoms with E-state index >= 15 is 0 Å². The Labute approximate surface area is 191 Å². The summed E-state index contributed by atoms with van der Waals surface area (Å²) in [5, 5.41) is 83.8. The van der Waals surface area contributed by atoms with E-state index < -0.39 is 74.3 Å². The first-order valence-electron chi connectivity index (χ1n) is 9.01. The number of rotatable bonds is 10. The van der Waals surface area contributed by atoms with Gasteiger partial charge < -0.3 is 55.8 Å². The van der Waals surface area contributed by atoms with E-state index in [1.807, 2.05) is 0 Å².